The minimum atomic E-state index is -0.648. The number of ether oxygens (including phenoxy) is 1. The van der Waals surface area contributed by atoms with Gasteiger partial charge in [0, 0.05) is 24.1 Å². The second-order valence-electron chi connectivity index (χ2n) is 5.11. The molecule has 0 aliphatic heterocycles. The van der Waals surface area contributed by atoms with Gasteiger partial charge in [-0.25, -0.2) is 4.39 Å². The maximum Gasteiger partial charge on any atom is 0.246 e. The van der Waals surface area contributed by atoms with E-state index in [-0.39, 0.29) is 24.0 Å². The highest BCUT2D eigenvalue weighted by atomic mass is 19.1. The largest absolute Gasteiger partial charge is 0.453 e. The number of nitrogens with one attached hydrogen (secondary N) is 1. The number of nitrogens with zero attached hydrogens (tertiary/aromatic N) is 3. The SMILES string of the molecule is N#Cc1ccccc1Oc1ccc(NC(=O)Cn2cccn2)cc1F. The summed E-state index contributed by atoms with van der Waals surface area (Å²) in [5, 5.41) is 15.6. The average Bonchev–Trinajstić information content (AvgIpc) is 3.10. The monoisotopic (exact) mass is 336 g/mol. The van der Waals surface area contributed by atoms with Crippen LogP contribution in [0, 0.1) is 17.1 Å². The van der Waals surface area contributed by atoms with Gasteiger partial charge in [-0.15, -0.1) is 0 Å². The van der Waals surface area contributed by atoms with Gasteiger partial charge in [0.1, 0.15) is 18.4 Å². The molecule has 0 aliphatic carbocycles. The number of nitriles is 1. The molecule has 0 bridgehead atoms. The van der Waals surface area contributed by atoms with E-state index in [1.807, 2.05) is 6.07 Å². The van der Waals surface area contributed by atoms with Crippen LogP contribution in [0.15, 0.2) is 60.9 Å². The third-order valence-electron chi connectivity index (χ3n) is 3.31. The lowest BCUT2D eigenvalue weighted by atomic mass is 10.2. The maximum absolute atomic E-state index is 14.2. The number of rotatable bonds is 5. The van der Waals surface area contributed by atoms with Crippen LogP contribution in [0.25, 0.3) is 0 Å². The number of carbonyl (C=O) groups excluding carboxylic acids is 1. The van der Waals surface area contributed by atoms with Crippen LogP contribution >= 0.6 is 0 Å². The van der Waals surface area contributed by atoms with Crippen molar-refractivity contribution in [1.29, 1.82) is 5.26 Å². The Labute approximate surface area is 143 Å². The molecule has 6 nitrogen and oxygen atoms in total. The van der Waals surface area contributed by atoms with Gasteiger partial charge in [0.05, 0.1) is 5.56 Å². The summed E-state index contributed by atoms with van der Waals surface area (Å²) in [6.45, 7) is 0.0302. The second kappa shape index (κ2) is 7.27. The molecule has 0 aliphatic rings. The first kappa shape index (κ1) is 16.2. The average molecular weight is 336 g/mol. The molecule has 2 aromatic carbocycles. The Kier molecular flexibility index (Phi) is 4.72. The second-order valence-corrected chi connectivity index (χ2v) is 5.11. The quantitative estimate of drug-likeness (QED) is 0.775. The highest BCUT2D eigenvalue weighted by Gasteiger charge is 2.11. The molecule has 3 rings (SSSR count). The standard InChI is InChI=1S/C18H13FN4O2/c19-15-10-14(22-18(24)12-23-9-3-8-21-23)6-7-17(15)25-16-5-2-1-4-13(16)11-20/h1-10H,12H2,(H,22,24). The molecule has 1 N–H and O–H groups in total. The van der Waals surface area contributed by atoms with Crippen LogP contribution in [0.5, 0.6) is 11.5 Å². The summed E-state index contributed by atoms with van der Waals surface area (Å²) >= 11 is 0. The van der Waals surface area contributed by atoms with Crippen molar-refractivity contribution in [3.63, 3.8) is 0 Å². The van der Waals surface area contributed by atoms with Gasteiger partial charge in [-0.2, -0.15) is 10.4 Å². The van der Waals surface area contributed by atoms with Crippen LogP contribution in [0.4, 0.5) is 10.1 Å². The van der Waals surface area contributed by atoms with Crippen LogP contribution in [0.1, 0.15) is 5.56 Å². The summed E-state index contributed by atoms with van der Waals surface area (Å²) < 4.78 is 21.1. The number of para-hydroxylation sites is 1. The molecule has 0 saturated heterocycles. The predicted molar refractivity (Wildman–Crippen MR) is 88.5 cm³/mol. The number of benzene rings is 2. The first-order chi connectivity index (χ1) is 12.2. The van der Waals surface area contributed by atoms with Gasteiger partial charge in [0.15, 0.2) is 11.6 Å². The minimum absolute atomic E-state index is 0.0302. The van der Waals surface area contributed by atoms with Crippen molar-refractivity contribution in [2.45, 2.75) is 6.54 Å². The smallest absolute Gasteiger partial charge is 0.246 e. The molecular formula is C18H13FN4O2. The molecule has 124 valence electrons. The van der Waals surface area contributed by atoms with Gasteiger partial charge in [-0.3, -0.25) is 9.48 Å². The first-order valence-corrected chi connectivity index (χ1v) is 7.39. The summed E-state index contributed by atoms with van der Waals surface area (Å²) in [7, 11) is 0. The van der Waals surface area contributed by atoms with E-state index in [4.69, 9.17) is 10.00 Å². The Balaban J connectivity index is 1.70. The molecule has 1 aromatic heterocycles. The van der Waals surface area contributed by atoms with Crippen molar-refractivity contribution in [2.75, 3.05) is 5.32 Å². The fourth-order valence-electron chi connectivity index (χ4n) is 2.17. The molecule has 0 fully saturated rings. The van der Waals surface area contributed by atoms with Gasteiger partial charge in [-0.1, -0.05) is 12.1 Å². The Morgan fingerprint density at radius 1 is 1.24 bits per heavy atom. The number of aromatic nitrogens is 2. The molecule has 0 radical (unpaired) electrons. The fraction of sp³-hybridized carbons (Fsp3) is 0.0556. The number of halogens is 1. The molecule has 0 spiro atoms. The van der Waals surface area contributed by atoms with E-state index in [1.54, 1.807) is 42.7 Å². The highest BCUT2D eigenvalue weighted by molar-refractivity contribution is 5.90. The lowest BCUT2D eigenvalue weighted by Crippen LogP contribution is -2.19. The van der Waals surface area contributed by atoms with Crippen LogP contribution < -0.4 is 10.1 Å². The van der Waals surface area contributed by atoms with Crippen LogP contribution in [0.2, 0.25) is 0 Å². The molecule has 25 heavy (non-hydrogen) atoms. The molecule has 0 saturated carbocycles. The normalized spacial score (nSPS) is 10.1. The van der Waals surface area contributed by atoms with Gasteiger partial charge in [0.25, 0.3) is 0 Å². The van der Waals surface area contributed by atoms with Crippen molar-refractivity contribution in [3.05, 3.63) is 72.3 Å². The summed E-state index contributed by atoms with van der Waals surface area (Å²) in [6, 6.07) is 14.3. The maximum atomic E-state index is 14.2. The summed E-state index contributed by atoms with van der Waals surface area (Å²) in [5.41, 5.74) is 0.606. The zero-order valence-corrected chi connectivity index (χ0v) is 13.0. The number of hydrogen-bond donors (Lipinski definition) is 1. The Bertz CT molecular complexity index is 932. The van der Waals surface area contributed by atoms with Crippen molar-refractivity contribution in [3.8, 4) is 17.6 Å². The van der Waals surface area contributed by atoms with Crippen LogP contribution in [-0.4, -0.2) is 15.7 Å². The van der Waals surface area contributed by atoms with Gasteiger partial charge in [-0.05, 0) is 30.3 Å². The van der Waals surface area contributed by atoms with Crippen molar-refractivity contribution in [2.24, 2.45) is 0 Å². The third kappa shape index (κ3) is 4.00. The van der Waals surface area contributed by atoms with Crippen molar-refractivity contribution >= 4 is 11.6 Å². The molecule has 1 heterocycles. The van der Waals surface area contributed by atoms with E-state index in [2.05, 4.69) is 10.4 Å². The van der Waals surface area contributed by atoms with E-state index < -0.39 is 5.82 Å². The van der Waals surface area contributed by atoms with Crippen molar-refractivity contribution in [1.82, 2.24) is 9.78 Å². The van der Waals surface area contributed by atoms with E-state index in [0.717, 1.165) is 6.07 Å². The Morgan fingerprint density at radius 3 is 2.80 bits per heavy atom. The van der Waals surface area contributed by atoms with Crippen LogP contribution in [0.3, 0.4) is 0 Å². The van der Waals surface area contributed by atoms with Crippen LogP contribution in [-0.2, 0) is 11.3 Å². The van der Waals surface area contributed by atoms with Crippen molar-refractivity contribution < 1.29 is 13.9 Å². The summed E-state index contributed by atoms with van der Waals surface area (Å²) in [4.78, 5) is 11.9. The zero-order chi connectivity index (χ0) is 17.6. The molecular weight excluding hydrogens is 323 g/mol. The third-order valence-corrected chi connectivity index (χ3v) is 3.31. The topological polar surface area (TPSA) is 79.9 Å². The Hall–Kier alpha value is -3.66. The highest BCUT2D eigenvalue weighted by Crippen LogP contribution is 2.28. The fourth-order valence-corrected chi connectivity index (χ4v) is 2.17. The number of hydrogen-bond acceptors (Lipinski definition) is 4. The lowest BCUT2D eigenvalue weighted by molar-refractivity contribution is -0.116. The molecule has 7 heteroatoms. The lowest BCUT2D eigenvalue weighted by Gasteiger charge is -2.10. The zero-order valence-electron chi connectivity index (χ0n) is 13.0. The van der Waals surface area contributed by atoms with E-state index in [0.29, 0.717) is 11.3 Å². The molecule has 3 aromatic rings. The minimum Gasteiger partial charge on any atom is -0.453 e. The first-order valence-electron chi connectivity index (χ1n) is 7.39. The van der Waals surface area contributed by atoms with Gasteiger partial charge < -0.3 is 10.1 Å². The van der Waals surface area contributed by atoms with Gasteiger partial charge in [0.2, 0.25) is 5.91 Å². The molecule has 1 amide bonds. The van der Waals surface area contributed by atoms with E-state index in [9.17, 15) is 9.18 Å². The summed E-state index contributed by atoms with van der Waals surface area (Å²) in [5.74, 6) is -0.747. The number of anilines is 1. The predicted octanol–water partition coefficient (Wildman–Crippen LogP) is 3.32. The van der Waals surface area contributed by atoms with Gasteiger partial charge >= 0.3 is 0 Å². The molecule has 0 unspecified atom stereocenters. The number of carbonyl (C=O) groups is 1. The number of amides is 1. The van der Waals surface area contributed by atoms with E-state index >= 15 is 0 Å². The molecule has 0 atom stereocenters. The van der Waals surface area contributed by atoms with E-state index in [1.165, 1.54) is 16.8 Å². The Morgan fingerprint density at radius 2 is 2.08 bits per heavy atom. The summed E-state index contributed by atoms with van der Waals surface area (Å²) in [6.07, 6.45) is 3.22.